The molecular formula is C17H28Cl2N2O3. The lowest BCUT2D eigenvalue weighted by atomic mass is 9.69. The molecule has 5 nitrogen and oxygen atoms in total. The molecule has 0 radical (unpaired) electrons. The minimum absolute atomic E-state index is 0. The number of benzene rings is 1. The first-order valence-electron chi connectivity index (χ1n) is 7.96. The summed E-state index contributed by atoms with van der Waals surface area (Å²) < 4.78 is 16.6. The van der Waals surface area contributed by atoms with Crippen LogP contribution in [0.2, 0.25) is 0 Å². The van der Waals surface area contributed by atoms with E-state index in [1.807, 2.05) is 7.05 Å². The van der Waals surface area contributed by atoms with E-state index in [0.717, 1.165) is 50.6 Å². The molecule has 1 spiro atoms. The number of rotatable bonds is 4. The highest BCUT2D eigenvalue weighted by atomic mass is 35.5. The summed E-state index contributed by atoms with van der Waals surface area (Å²) >= 11 is 0. The molecule has 1 aromatic carbocycles. The minimum Gasteiger partial charge on any atom is -0.493 e. The Hall–Kier alpha value is -0.720. The fourth-order valence-corrected chi connectivity index (χ4v) is 3.76. The van der Waals surface area contributed by atoms with Gasteiger partial charge in [-0.3, -0.25) is 0 Å². The Morgan fingerprint density at radius 3 is 2.38 bits per heavy atom. The van der Waals surface area contributed by atoms with Crippen LogP contribution in [0.4, 0.5) is 0 Å². The lowest BCUT2D eigenvalue weighted by molar-refractivity contribution is 0.0452. The molecule has 138 valence electrons. The number of nitrogens with one attached hydrogen (secondary N) is 2. The second-order valence-electron chi connectivity index (χ2n) is 6.18. The Bertz CT molecular complexity index is 537. The van der Waals surface area contributed by atoms with Gasteiger partial charge < -0.3 is 24.8 Å². The van der Waals surface area contributed by atoms with Crippen molar-refractivity contribution >= 4 is 24.8 Å². The van der Waals surface area contributed by atoms with E-state index in [2.05, 4.69) is 22.8 Å². The standard InChI is InChI=1S/C17H26N2O3.2ClH/c1-18-10-14-12-8-15(20-2)16(21-3)9-13(12)17(11-19-14)4-6-22-7-5-17;;/h8-9,14,18-19H,4-7,10-11H2,1-3H3;2*1H. The quantitative estimate of drug-likeness (QED) is 0.842. The fraction of sp³-hybridized carbons (Fsp3) is 0.647. The zero-order valence-electron chi connectivity index (χ0n) is 14.5. The van der Waals surface area contributed by atoms with Gasteiger partial charge in [0.15, 0.2) is 11.5 Å². The predicted octanol–water partition coefficient (Wildman–Crippen LogP) is 2.46. The zero-order valence-corrected chi connectivity index (χ0v) is 16.1. The number of hydrogen-bond donors (Lipinski definition) is 2. The summed E-state index contributed by atoms with van der Waals surface area (Å²) in [7, 11) is 5.38. The van der Waals surface area contributed by atoms with Crippen LogP contribution >= 0.6 is 24.8 Å². The molecular weight excluding hydrogens is 351 g/mol. The van der Waals surface area contributed by atoms with E-state index in [0.29, 0.717) is 6.04 Å². The lowest BCUT2D eigenvalue weighted by Crippen LogP contribution is -2.50. The summed E-state index contributed by atoms with van der Waals surface area (Å²) in [6.07, 6.45) is 2.10. The molecule has 24 heavy (non-hydrogen) atoms. The smallest absolute Gasteiger partial charge is 0.161 e. The third-order valence-electron chi connectivity index (χ3n) is 5.05. The van der Waals surface area contributed by atoms with Crippen LogP contribution in [0.5, 0.6) is 11.5 Å². The van der Waals surface area contributed by atoms with E-state index in [-0.39, 0.29) is 30.2 Å². The molecule has 0 aliphatic carbocycles. The van der Waals surface area contributed by atoms with Crippen LogP contribution in [0.3, 0.4) is 0 Å². The summed E-state index contributed by atoms with van der Waals surface area (Å²) in [6.45, 7) is 3.54. The molecule has 2 N–H and O–H groups in total. The van der Waals surface area contributed by atoms with Crippen LogP contribution in [0.15, 0.2) is 12.1 Å². The van der Waals surface area contributed by atoms with E-state index in [1.165, 1.54) is 11.1 Å². The summed E-state index contributed by atoms with van der Waals surface area (Å²) in [5.41, 5.74) is 2.87. The maximum atomic E-state index is 5.59. The largest absolute Gasteiger partial charge is 0.493 e. The zero-order chi connectivity index (χ0) is 15.6. The minimum atomic E-state index is 0. The molecule has 7 heteroatoms. The van der Waals surface area contributed by atoms with Gasteiger partial charge in [0, 0.05) is 37.8 Å². The number of methoxy groups -OCH3 is 2. The summed E-state index contributed by atoms with van der Waals surface area (Å²) in [5, 5.41) is 6.99. The van der Waals surface area contributed by atoms with Crippen molar-refractivity contribution in [1.82, 2.24) is 10.6 Å². The van der Waals surface area contributed by atoms with Gasteiger partial charge >= 0.3 is 0 Å². The highest BCUT2D eigenvalue weighted by Gasteiger charge is 2.41. The molecule has 0 aromatic heterocycles. The van der Waals surface area contributed by atoms with Gasteiger partial charge in [-0.05, 0) is 43.1 Å². The maximum absolute atomic E-state index is 5.59. The van der Waals surface area contributed by atoms with Crippen molar-refractivity contribution in [2.75, 3.05) is 47.6 Å². The first kappa shape index (κ1) is 21.3. The third-order valence-corrected chi connectivity index (χ3v) is 5.05. The Labute approximate surface area is 156 Å². The molecule has 3 rings (SSSR count). The topological polar surface area (TPSA) is 51.8 Å². The summed E-state index contributed by atoms with van der Waals surface area (Å²) in [5.74, 6) is 1.62. The van der Waals surface area contributed by atoms with Gasteiger partial charge in [0.2, 0.25) is 0 Å². The van der Waals surface area contributed by atoms with E-state index in [1.54, 1.807) is 14.2 Å². The van der Waals surface area contributed by atoms with Crippen molar-refractivity contribution in [3.63, 3.8) is 0 Å². The van der Waals surface area contributed by atoms with E-state index in [9.17, 15) is 0 Å². The van der Waals surface area contributed by atoms with Gasteiger partial charge in [0.05, 0.1) is 14.2 Å². The van der Waals surface area contributed by atoms with E-state index >= 15 is 0 Å². The van der Waals surface area contributed by atoms with Crippen molar-refractivity contribution in [3.05, 3.63) is 23.3 Å². The normalized spacial score (nSPS) is 21.2. The maximum Gasteiger partial charge on any atom is 0.161 e. The third kappa shape index (κ3) is 3.75. The number of halogens is 2. The monoisotopic (exact) mass is 378 g/mol. The average Bonchev–Trinajstić information content (AvgIpc) is 2.57. The van der Waals surface area contributed by atoms with Crippen LogP contribution in [-0.4, -0.2) is 47.6 Å². The molecule has 1 fully saturated rings. The van der Waals surface area contributed by atoms with Crippen molar-refractivity contribution in [2.45, 2.75) is 24.3 Å². The average molecular weight is 379 g/mol. The number of likely N-dealkylation sites (N-methyl/N-ethyl adjacent to an activating group) is 1. The van der Waals surface area contributed by atoms with Crippen LogP contribution in [0.25, 0.3) is 0 Å². The first-order valence-corrected chi connectivity index (χ1v) is 7.96. The van der Waals surface area contributed by atoms with Crippen molar-refractivity contribution in [2.24, 2.45) is 0 Å². The highest BCUT2D eigenvalue weighted by Crippen LogP contribution is 2.45. The van der Waals surface area contributed by atoms with Gasteiger partial charge in [-0.1, -0.05) is 0 Å². The van der Waals surface area contributed by atoms with Crippen LogP contribution < -0.4 is 20.1 Å². The molecule has 2 aliphatic heterocycles. The molecule has 2 aliphatic rings. The molecule has 0 saturated carbocycles. The molecule has 0 amide bonds. The Balaban J connectivity index is 0.00000144. The summed E-state index contributed by atoms with van der Waals surface area (Å²) in [4.78, 5) is 0. The Morgan fingerprint density at radius 2 is 1.79 bits per heavy atom. The summed E-state index contributed by atoms with van der Waals surface area (Å²) in [6, 6.07) is 4.62. The number of ether oxygens (including phenoxy) is 3. The highest BCUT2D eigenvalue weighted by molar-refractivity contribution is 5.85. The van der Waals surface area contributed by atoms with Crippen LogP contribution in [0.1, 0.15) is 30.0 Å². The van der Waals surface area contributed by atoms with Gasteiger partial charge in [0.1, 0.15) is 0 Å². The Morgan fingerprint density at radius 1 is 1.17 bits per heavy atom. The van der Waals surface area contributed by atoms with E-state index < -0.39 is 0 Å². The van der Waals surface area contributed by atoms with Crippen LogP contribution in [0, 0.1) is 0 Å². The second-order valence-corrected chi connectivity index (χ2v) is 6.18. The predicted molar refractivity (Wildman–Crippen MR) is 100 cm³/mol. The lowest BCUT2D eigenvalue weighted by Gasteiger charge is -2.45. The van der Waals surface area contributed by atoms with E-state index in [4.69, 9.17) is 14.2 Å². The SMILES string of the molecule is CNCC1NCC2(CCOCC2)c2cc(OC)c(OC)cc21.Cl.Cl. The molecule has 1 unspecified atom stereocenters. The molecule has 0 bridgehead atoms. The molecule has 1 saturated heterocycles. The van der Waals surface area contributed by atoms with Crippen molar-refractivity contribution < 1.29 is 14.2 Å². The molecule has 1 atom stereocenters. The van der Waals surface area contributed by atoms with Crippen LogP contribution in [-0.2, 0) is 10.2 Å². The van der Waals surface area contributed by atoms with Crippen molar-refractivity contribution in [3.8, 4) is 11.5 Å². The van der Waals surface area contributed by atoms with Gasteiger partial charge in [-0.15, -0.1) is 24.8 Å². The van der Waals surface area contributed by atoms with Gasteiger partial charge in [0.25, 0.3) is 0 Å². The van der Waals surface area contributed by atoms with Gasteiger partial charge in [-0.2, -0.15) is 0 Å². The number of hydrogen-bond acceptors (Lipinski definition) is 5. The number of fused-ring (bicyclic) bond motifs is 2. The van der Waals surface area contributed by atoms with Gasteiger partial charge in [-0.25, -0.2) is 0 Å². The first-order chi connectivity index (χ1) is 10.7. The van der Waals surface area contributed by atoms with Crippen molar-refractivity contribution in [1.29, 1.82) is 0 Å². The molecule has 1 aromatic rings. The fourth-order valence-electron chi connectivity index (χ4n) is 3.76. The Kier molecular flexibility index (Phi) is 8.09. The molecule has 2 heterocycles. The second kappa shape index (κ2) is 9.11.